The van der Waals surface area contributed by atoms with E-state index in [1.807, 2.05) is 11.4 Å². The van der Waals surface area contributed by atoms with E-state index in [0.717, 1.165) is 10.6 Å². The zero-order valence-corrected chi connectivity index (χ0v) is 13.1. The maximum Gasteiger partial charge on any atom is 0.335 e. The number of hydrogen-bond acceptors (Lipinski definition) is 6. The topological polar surface area (TPSA) is 104 Å². The number of thiazole rings is 1. The summed E-state index contributed by atoms with van der Waals surface area (Å²) in [5, 5.41) is 21.5. The average molecular weight is 336 g/mol. The van der Waals surface area contributed by atoms with E-state index in [1.54, 1.807) is 17.4 Å². The molecule has 0 atom stereocenters. The van der Waals surface area contributed by atoms with Gasteiger partial charge >= 0.3 is 5.97 Å². The predicted molar refractivity (Wildman–Crippen MR) is 81.9 cm³/mol. The lowest BCUT2D eigenvalue weighted by Gasteiger charge is -2.35. The highest BCUT2D eigenvalue weighted by Crippen LogP contribution is 2.25. The second kappa shape index (κ2) is 6.13. The van der Waals surface area contributed by atoms with Crippen molar-refractivity contribution in [2.24, 2.45) is 0 Å². The molecule has 2 N–H and O–H groups in total. The van der Waals surface area contributed by atoms with E-state index in [1.165, 1.54) is 11.3 Å². The molecule has 0 aliphatic carbocycles. The van der Waals surface area contributed by atoms with Crippen LogP contribution in [0.5, 0.6) is 0 Å². The summed E-state index contributed by atoms with van der Waals surface area (Å²) in [4.78, 5) is 29.3. The van der Waals surface area contributed by atoms with E-state index in [0.29, 0.717) is 5.69 Å². The Bertz CT molecular complexity index is 701. The summed E-state index contributed by atoms with van der Waals surface area (Å²) in [5.74, 6) is -1.34. The number of furan rings is 1. The standard InChI is InChI=1S/C15H16N2O5S/c18-12(17-4-2-15(21,3-5-17)14(19)20)7-11-9-23-13(16-11)10-1-6-22-8-10/h1,6,8-9,21H,2-5,7H2,(H,19,20). The minimum absolute atomic E-state index is 0.0470. The van der Waals surface area contributed by atoms with Crippen LogP contribution in [0, 0.1) is 0 Å². The fourth-order valence-corrected chi connectivity index (χ4v) is 3.32. The summed E-state index contributed by atoms with van der Waals surface area (Å²) in [6, 6.07) is 1.81. The smallest absolute Gasteiger partial charge is 0.335 e. The molecule has 3 heterocycles. The van der Waals surface area contributed by atoms with Crippen LogP contribution in [0.1, 0.15) is 18.5 Å². The number of carbonyl (C=O) groups is 2. The molecule has 0 unspecified atom stereocenters. The highest BCUT2D eigenvalue weighted by atomic mass is 32.1. The highest BCUT2D eigenvalue weighted by molar-refractivity contribution is 7.13. The van der Waals surface area contributed by atoms with Crippen LogP contribution in [0.2, 0.25) is 0 Å². The Kier molecular flexibility index (Phi) is 4.18. The number of rotatable bonds is 4. The van der Waals surface area contributed by atoms with Gasteiger partial charge in [0.1, 0.15) is 11.3 Å². The summed E-state index contributed by atoms with van der Waals surface area (Å²) in [6.45, 7) is 0.473. The molecule has 0 spiro atoms. The summed E-state index contributed by atoms with van der Waals surface area (Å²) < 4.78 is 5.01. The lowest BCUT2D eigenvalue weighted by molar-refractivity contribution is -0.165. The van der Waals surface area contributed by atoms with E-state index >= 15 is 0 Å². The number of carbonyl (C=O) groups excluding carboxylic acids is 1. The summed E-state index contributed by atoms with van der Waals surface area (Å²) in [5.41, 5.74) is -0.167. The van der Waals surface area contributed by atoms with Gasteiger partial charge in [-0.3, -0.25) is 4.79 Å². The van der Waals surface area contributed by atoms with E-state index in [9.17, 15) is 14.7 Å². The largest absolute Gasteiger partial charge is 0.479 e. The number of nitrogens with zero attached hydrogens (tertiary/aromatic N) is 2. The normalized spacial score (nSPS) is 17.2. The third-order valence-electron chi connectivity index (χ3n) is 3.99. The summed E-state index contributed by atoms with van der Waals surface area (Å²) >= 11 is 1.44. The van der Waals surface area contributed by atoms with Crippen molar-refractivity contribution in [3.8, 4) is 10.6 Å². The quantitative estimate of drug-likeness (QED) is 0.874. The van der Waals surface area contributed by atoms with Gasteiger partial charge in [0.25, 0.3) is 0 Å². The Morgan fingerprint density at radius 2 is 2.13 bits per heavy atom. The average Bonchev–Trinajstić information content (AvgIpc) is 3.18. The van der Waals surface area contributed by atoms with Crippen molar-refractivity contribution in [1.29, 1.82) is 0 Å². The third-order valence-corrected chi connectivity index (χ3v) is 4.93. The zero-order valence-electron chi connectivity index (χ0n) is 12.3. The van der Waals surface area contributed by atoms with E-state index < -0.39 is 11.6 Å². The van der Waals surface area contributed by atoms with E-state index in [2.05, 4.69) is 4.98 Å². The molecule has 3 rings (SSSR count). The molecule has 2 aromatic heterocycles. The second-order valence-electron chi connectivity index (χ2n) is 5.55. The molecule has 0 bridgehead atoms. The first-order valence-corrected chi connectivity index (χ1v) is 8.06. The number of piperidine rings is 1. The number of amides is 1. The van der Waals surface area contributed by atoms with Crippen LogP contribution in [0.25, 0.3) is 10.6 Å². The molecule has 1 fully saturated rings. The molecule has 0 aromatic carbocycles. The maximum atomic E-state index is 12.3. The van der Waals surface area contributed by atoms with Gasteiger partial charge in [0.05, 0.1) is 18.4 Å². The van der Waals surface area contributed by atoms with Gasteiger partial charge in [-0.1, -0.05) is 0 Å². The number of aromatic nitrogens is 1. The Hall–Kier alpha value is -2.19. The van der Waals surface area contributed by atoms with Crippen LogP contribution in [-0.4, -0.2) is 50.7 Å². The molecule has 0 radical (unpaired) electrons. The molecular formula is C15H16N2O5S. The number of aliphatic carboxylic acids is 1. The van der Waals surface area contributed by atoms with Crippen LogP contribution >= 0.6 is 11.3 Å². The Morgan fingerprint density at radius 1 is 1.39 bits per heavy atom. The second-order valence-corrected chi connectivity index (χ2v) is 6.41. The molecule has 7 nitrogen and oxygen atoms in total. The maximum absolute atomic E-state index is 12.3. The fourth-order valence-electron chi connectivity index (χ4n) is 2.51. The highest BCUT2D eigenvalue weighted by Gasteiger charge is 2.40. The monoisotopic (exact) mass is 336 g/mol. The first-order chi connectivity index (χ1) is 11.0. The van der Waals surface area contributed by atoms with Crippen molar-refractivity contribution in [3.63, 3.8) is 0 Å². The van der Waals surface area contributed by atoms with Crippen LogP contribution in [0.3, 0.4) is 0 Å². The Morgan fingerprint density at radius 3 is 2.74 bits per heavy atom. The van der Waals surface area contributed by atoms with Crippen molar-refractivity contribution in [2.45, 2.75) is 24.9 Å². The van der Waals surface area contributed by atoms with Gasteiger partial charge < -0.3 is 19.5 Å². The van der Waals surface area contributed by atoms with Gasteiger partial charge in [0.2, 0.25) is 5.91 Å². The van der Waals surface area contributed by atoms with Gasteiger partial charge in [0, 0.05) is 36.9 Å². The summed E-state index contributed by atoms with van der Waals surface area (Å²) in [7, 11) is 0. The van der Waals surface area contributed by atoms with Crippen LogP contribution in [0.15, 0.2) is 28.4 Å². The minimum atomic E-state index is -1.72. The van der Waals surface area contributed by atoms with E-state index in [-0.39, 0.29) is 38.3 Å². The van der Waals surface area contributed by atoms with Crippen molar-refractivity contribution in [2.75, 3.05) is 13.1 Å². The van der Waals surface area contributed by atoms with Gasteiger partial charge in [-0.25, -0.2) is 9.78 Å². The molecule has 2 aromatic rings. The predicted octanol–water partition coefficient (Wildman–Crippen LogP) is 1.38. The first-order valence-electron chi connectivity index (χ1n) is 7.18. The molecule has 8 heteroatoms. The zero-order chi connectivity index (χ0) is 16.4. The van der Waals surface area contributed by atoms with E-state index in [4.69, 9.17) is 9.52 Å². The molecule has 0 saturated carbocycles. The number of carboxylic acids is 1. The molecule has 1 saturated heterocycles. The molecular weight excluding hydrogens is 320 g/mol. The molecule has 1 amide bonds. The minimum Gasteiger partial charge on any atom is -0.479 e. The third kappa shape index (κ3) is 3.27. The lowest BCUT2D eigenvalue weighted by Crippen LogP contribution is -2.51. The van der Waals surface area contributed by atoms with Crippen molar-refractivity contribution in [1.82, 2.24) is 9.88 Å². The van der Waals surface area contributed by atoms with Crippen molar-refractivity contribution in [3.05, 3.63) is 29.7 Å². The number of aliphatic hydroxyl groups is 1. The van der Waals surface area contributed by atoms with Crippen molar-refractivity contribution >= 4 is 23.2 Å². The summed E-state index contributed by atoms with van der Waals surface area (Å²) in [6.07, 6.45) is 3.43. The SMILES string of the molecule is O=C(Cc1csc(-c2ccoc2)n1)N1CCC(O)(C(=O)O)CC1. The van der Waals surface area contributed by atoms with Gasteiger partial charge in [-0.05, 0) is 6.07 Å². The Labute approximate surface area is 136 Å². The van der Waals surface area contributed by atoms with Gasteiger partial charge in [-0.2, -0.15) is 0 Å². The number of likely N-dealkylation sites (tertiary alicyclic amines) is 1. The number of hydrogen-bond donors (Lipinski definition) is 2. The Balaban J connectivity index is 1.59. The molecule has 122 valence electrons. The first kappa shape index (κ1) is 15.7. The van der Waals surface area contributed by atoms with Crippen LogP contribution in [-0.2, 0) is 16.0 Å². The van der Waals surface area contributed by atoms with Gasteiger partial charge in [-0.15, -0.1) is 11.3 Å². The van der Waals surface area contributed by atoms with Gasteiger partial charge in [0.15, 0.2) is 5.60 Å². The molecule has 1 aliphatic rings. The van der Waals surface area contributed by atoms with Crippen LogP contribution < -0.4 is 0 Å². The number of carboxylic acid groups (broad SMARTS) is 1. The lowest BCUT2D eigenvalue weighted by atomic mass is 9.91. The fraction of sp³-hybridized carbons (Fsp3) is 0.400. The molecule has 1 aliphatic heterocycles. The van der Waals surface area contributed by atoms with Crippen LogP contribution in [0.4, 0.5) is 0 Å². The van der Waals surface area contributed by atoms with Crippen molar-refractivity contribution < 1.29 is 24.2 Å². The molecule has 23 heavy (non-hydrogen) atoms.